The summed E-state index contributed by atoms with van der Waals surface area (Å²) < 4.78 is 0.663. The van der Waals surface area contributed by atoms with Crippen LogP contribution in [0.4, 0.5) is 0 Å². The number of carbonyl (C=O) groups is 3. The molecule has 5 nitrogen and oxygen atoms in total. The molecule has 1 atom stereocenters. The summed E-state index contributed by atoms with van der Waals surface area (Å²) in [5.74, 6) is 4.91. The molecule has 6 aliphatic rings. The van der Waals surface area contributed by atoms with E-state index < -0.39 is 6.04 Å². The number of piperidine rings is 1. The van der Waals surface area contributed by atoms with Crippen molar-refractivity contribution in [2.45, 2.75) is 106 Å². The number of benzene rings is 1. The van der Waals surface area contributed by atoms with Gasteiger partial charge in [0.15, 0.2) is 0 Å². The third-order valence-corrected chi connectivity index (χ3v) is 12.3. The highest BCUT2D eigenvalue weighted by molar-refractivity contribution is 8.00. The van der Waals surface area contributed by atoms with Crippen LogP contribution >= 0.6 is 23.5 Å². The SMILES string of the molecule is O=C1CCC(N2Cc3c(SCCCCCCCSC45CC6CC(CC(C6)C4)C5)cccc3C2=O)C(=O)N1. The summed E-state index contributed by atoms with van der Waals surface area (Å²) in [6.45, 7) is 0.463. The number of thioether (sulfide) groups is 2. The number of unbranched alkanes of at least 4 members (excludes halogenated alkanes) is 4. The van der Waals surface area contributed by atoms with E-state index in [0.29, 0.717) is 29.7 Å². The maximum atomic E-state index is 13.0. The molecule has 5 fully saturated rings. The van der Waals surface area contributed by atoms with Gasteiger partial charge in [0, 0.05) is 28.2 Å². The summed E-state index contributed by atoms with van der Waals surface area (Å²) in [4.78, 5) is 39.6. The molecule has 4 bridgehead atoms. The molecule has 1 unspecified atom stereocenters. The lowest BCUT2D eigenvalue weighted by Crippen LogP contribution is -2.52. The first-order chi connectivity index (χ1) is 18.0. The lowest BCUT2D eigenvalue weighted by Gasteiger charge is -2.56. The van der Waals surface area contributed by atoms with Crippen molar-refractivity contribution >= 4 is 41.2 Å². The van der Waals surface area contributed by atoms with Crippen LogP contribution in [0.3, 0.4) is 0 Å². The molecule has 3 amide bonds. The van der Waals surface area contributed by atoms with E-state index in [1.807, 2.05) is 23.9 Å². The maximum Gasteiger partial charge on any atom is 0.255 e. The second-order valence-electron chi connectivity index (χ2n) is 12.2. The minimum absolute atomic E-state index is 0.0848. The van der Waals surface area contributed by atoms with Gasteiger partial charge >= 0.3 is 0 Å². The number of nitrogens with zero attached hydrogens (tertiary/aromatic N) is 1. The number of hydrogen-bond acceptors (Lipinski definition) is 5. The normalized spacial score (nSPS) is 32.2. The van der Waals surface area contributed by atoms with Crippen molar-refractivity contribution in [1.82, 2.24) is 10.2 Å². The fraction of sp³-hybridized carbons (Fsp3) is 0.700. The zero-order valence-corrected chi connectivity index (χ0v) is 23.5. The number of amides is 3. The Labute approximate surface area is 229 Å². The molecular weight excluding hydrogens is 500 g/mol. The zero-order chi connectivity index (χ0) is 25.4. The zero-order valence-electron chi connectivity index (χ0n) is 21.8. The molecule has 1 aromatic rings. The van der Waals surface area contributed by atoms with Gasteiger partial charge in [-0.15, -0.1) is 11.8 Å². The van der Waals surface area contributed by atoms with E-state index >= 15 is 0 Å². The van der Waals surface area contributed by atoms with Crippen molar-refractivity contribution < 1.29 is 14.4 Å². The standard InChI is InChI=1S/C30H40N2O3S2/c33-27-10-9-25(28(34)31-27)32-19-24-23(29(32)35)7-6-8-26(24)36-11-4-2-1-3-5-12-37-30-16-20-13-21(17-30)15-22(14-20)18-30/h6-8,20-22,25H,1-5,9-19H2,(H,31,33,34). The van der Waals surface area contributed by atoms with E-state index in [1.54, 1.807) is 4.90 Å². The highest BCUT2D eigenvalue weighted by Gasteiger charge is 2.50. The predicted octanol–water partition coefficient (Wildman–Crippen LogP) is 6.19. The molecule has 1 aromatic carbocycles. The van der Waals surface area contributed by atoms with Gasteiger partial charge in [-0.25, -0.2) is 0 Å². The second-order valence-corrected chi connectivity index (χ2v) is 14.9. The molecule has 1 N–H and O–H groups in total. The van der Waals surface area contributed by atoms with Crippen LogP contribution in [0.2, 0.25) is 0 Å². The van der Waals surface area contributed by atoms with Crippen molar-refractivity contribution in [1.29, 1.82) is 0 Å². The molecule has 1 saturated heterocycles. The van der Waals surface area contributed by atoms with Gasteiger partial charge in [-0.05, 0) is 105 Å². The van der Waals surface area contributed by atoms with Gasteiger partial charge < -0.3 is 4.90 Å². The number of imide groups is 1. The predicted molar refractivity (Wildman–Crippen MR) is 150 cm³/mol. The third-order valence-electron chi connectivity index (χ3n) is 9.48. The minimum atomic E-state index is -0.545. The van der Waals surface area contributed by atoms with E-state index in [0.717, 1.165) is 34.0 Å². The van der Waals surface area contributed by atoms with Gasteiger partial charge in [0.1, 0.15) is 6.04 Å². The summed E-state index contributed by atoms with van der Waals surface area (Å²) in [6.07, 6.45) is 16.4. The highest BCUT2D eigenvalue weighted by atomic mass is 32.2. The number of fused-ring (bicyclic) bond motifs is 1. The van der Waals surface area contributed by atoms with Crippen LogP contribution < -0.4 is 5.32 Å². The van der Waals surface area contributed by atoms with Crippen LogP contribution in [0, 0.1) is 17.8 Å². The van der Waals surface area contributed by atoms with Gasteiger partial charge in [-0.3, -0.25) is 19.7 Å². The van der Waals surface area contributed by atoms with E-state index in [4.69, 9.17) is 0 Å². The summed E-state index contributed by atoms with van der Waals surface area (Å²) in [5, 5.41) is 2.39. The van der Waals surface area contributed by atoms with Gasteiger partial charge in [0.05, 0.1) is 0 Å². The first-order valence-corrected chi connectivity index (χ1v) is 16.5. The lowest BCUT2D eigenvalue weighted by atomic mass is 9.56. The molecule has 200 valence electrons. The summed E-state index contributed by atoms with van der Waals surface area (Å²) in [5.41, 5.74) is 1.76. The molecule has 7 heteroatoms. The molecule has 37 heavy (non-hydrogen) atoms. The Balaban J connectivity index is 0.896. The topological polar surface area (TPSA) is 66.5 Å². The average molecular weight is 541 g/mol. The third kappa shape index (κ3) is 5.50. The van der Waals surface area contributed by atoms with Crippen LogP contribution in [0.1, 0.15) is 99.4 Å². The number of carbonyl (C=O) groups excluding carboxylic acids is 3. The van der Waals surface area contributed by atoms with Gasteiger partial charge in [-0.1, -0.05) is 25.3 Å². The maximum absolute atomic E-state index is 13.0. The molecule has 0 spiro atoms. The summed E-state index contributed by atoms with van der Waals surface area (Å²) in [7, 11) is 0. The quantitative estimate of drug-likeness (QED) is 0.206. The van der Waals surface area contributed by atoms with Crippen LogP contribution in [0.5, 0.6) is 0 Å². The summed E-state index contributed by atoms with van der Waals surface area (Å²) >= 11 is 4.18. The van der Waals surface area contributed by atoms with Crippen molar-refractivity contribution in [3.05, 3.63) is 29.3 Å². The molecule has 2 heterocycles. The Kier molecular flexibility index (Phi) is 7.64. The van der Waals surface area contributed by atoms with Crippen molar-refractivity contribution in [3.8, 4) is 0 Å². The number of nitrogens with one attached hydrogen (secondary N) is 1. The molecule has 2 aliphatic heterocycles. The first-order valence-electron chi connectivity index (χ1n) is 14.5. The smallest absolute Gasteiger partial charge is 0.255 e. The Hall–Kier alpha value is -1.47. The Morgan fingerprint density at radius 1 is 0.892 bits per heavy atom. The fourth-order valence-electron chi connectivity index (χ4n) is 8.11. The molecule has 0 aromatic heterocycles. The Bertz CT molecular complexity index is 1020. The Morgan fingerprint density at radius 3 is 2.27 bits per heavy atom. The van der Waals surface area contributed by atoms with Gasteiger partial charge in [-0.2, -0.15) is 11.8 Å². The van der Waals surface area contributed by atoms with Crippen LogP contribution in [0.25, 0.3) is 0 Å². The van der Waals surface area contributed by atoms with Crippen molar-refractivity contribution in [2.75, 3.05) is 11.5 Å². The molecule has 7 rings (SSSR count). The molecule has 4 saturated carbocycles. The first kappa shape index (κ1) is 25.8. The van der Waals surface area contributed by atoms with E-state index in [-0.39, 0.29) is 17.7 Å². The van der Waals surface area contributed by atoms with E-state index in [9.17, 15) is 14.4 Å². The van der Waals surface area contributed by atoms with E-state index in [2.05, 4.69) is 23.1 Å². The number of hydrogen-bond donors (Lipinski definition) is 1. The van der Waals surface area contributed by atoms with Gasteiger partial charge in [0.2, 0.25) is 11.8 Å². The highest BCUT2D eigenvalue weighted by Crippen LogP contribution is 2.60. The second kappa shape index (κ2) is 11.0. The van der Waals surface area contributed by atoms with Crippen molar-refractivity contribution in [2.24, 2.45) is 17.8 Å². The number of rotatable bonds is 11. The lowest BCUT2D eigenvalue weighted by molar-refractivity contribution is -0.136. The summed E-state index contributed by atoms with van der Waals surface area (Å²) in [6, 6.07) is 5.38. The monoisotopic (exact) mass is 540 g/mol. The molecule has 0 radical (unpaired) electrons. The Morgan fingerprint density at radius 2 is 1.57 bits per heavy atom. The van der Waals surface area contributed by atoms with E-state index in [1.165, 1.54) is 76.4 Å². The molecular formula is C30H40N2O3S2. The largest absolute Gasteiger partial charge is 0.322 e. The fourth-order valence-corrected chi connectivity index (χ4v) is 11.0. The van der Waals surface area contributed by atoms with Crippen LogP contribution in [-0.2, 0) is 16.1 Å². The van der Waals surface area contributed by atoms with Gasteiger partial charge in [0.25, 0.3) is 5.91 Å². The molecule has 4 aliphatic carbocycles. The van der Waals surface area contributed by atoms with Crippen LogP contribution in [-0.4, -0.2) is 44.9 Å². The average Bonchev–Trinajstić information content (AvgIpc) is 3.19. The van der Waals surface area contributed by atoms with Crippen LogP contribution in [0.15, 0.2) is 23.1 Å². The van der Waals surface area contributed by atoms with Crippen molar-refractivity contribution in [3.63, 3.8) is 0 Å². The minimum Gasteiger partial charge on any atom is -0.322 e.